The third kappa shape index (κ3) is 31.0. The van der Waals surface area contributed by atoms with Gasteiger partial charge in [-0.25, -0.2) is 4.99 Å². The molecule has 1 aliphatic rings. The van der Waals surface area contributed by atoms with Crippen LogP contribution in [-0.2, 0) is 61.7 Å². The molecular weight excluding hydrogens is 937 g/mol. The van der Waals surface area contributed by atoms with E-state index in [1.54, 1.807) is 23.5 Å². The van der Waals surface area contributed by atoms with Crippen LogP contribution in [0.1, 0.15) is 76.7 Å². The molecule has 1 aromatic heterocycles. The van der Waals surface area contributed by atoms with Crippen molar-refractivity contribution in [3.05, 3.63) is 51.7 Å². The van der Waals surface area contributed by atoms with Gasteiger partial charge in [-0.3, -0.25) is 14.6 Å². The van der Waals surface area contributed by atoms with Crippen LogP contribution in [0.5, 0.6) is 0 Å². The van der Waals surface area contributed by atoms with Crippen molar-refractivity contribution in [2.45, 2.75) is 71.8 Å². The standard InChI is InChI=1S/C51H80N6O13S/c1-5-15-57(50(59)43-39-46-45(13-37-71-46)56-47(53)40-43)16-8-14-54-48(55-44-10-6-9-42(38-44)41-52)11-7-17-60-19-21-62-23-25-64-27-29-66-31-33-68-35-36-69-34-32-67-30-28-65-26-24-63-22-20-61-18-12-49(58)70-51(2,3)4/h6,9-10,13,37-39H,5,7-8,11-12,14-36,40H2,1-4H3,(H2,53,56)(H,54,55). The molecule has 398 valence electrons. The molecule has 3 N–H and O–H groups in total. The van der Waals surface area contributed by atoms with Crippen molar-refractivity contribution in [3.63, 3.8) is 0 Å². The van der Waals surface area contributed by atoms with Crippen molar-refractivity contribution in [1.29, 1.82) is 5.26 Å². The molecule has 2 aromatic rings. The van der Waals surface area contributed by atoms with E-state index in [1.165, 1.54) is 0 Å². The van der Waals surface area contributed by atoms with Gasteiger partial charge in [0.1, 0.15) is 17.3 Å². The molecule has 0 atom stereocenters. The zero-order valence-corrected chi connectivity index (χ0v) is 43.4. The third-order valence-corrected chi connectivity index (χ3v) is 10.6. The predicted molar refractivity (Wildman–Crippen MR) is 275 cm³/mol. The lowest BCUT2D eigenvalue weighted by molar-refractivity contribution is -0.156. The van der Waals surface area contributed by atoms with Gasteiger partial charge in [-0.15, -0.1) is 11.3 Å². The number of nitriles is 1. The van der Waals surface area contributed by atoms with Gasteiger partial charge in [-0.05, 0) is 75.8 Å². The third-order valence-electron chi connectivity index (χ3n) is 9.76. The average Bonchev–Trinajstić information content (AvgIpc) is 3.71. The van der Waals surface area contributed by atoms with E-state index in [-0.39, 0.29) is 18.3 Å². The monoisotopic (exact) mass is 1020 g/mol. The molecular formula is C51H80N6O13S. The van der Waals surface area contributed by atoms with Crippen LogP contribution in [0.25, 0.3) is 6.08 Å². The van der Waals surface area contributed by atoms with Crippen molar-refractivity contribution >= 4 is 52.3 Å². The predicted octanol–water partition coefficient (Wildman–Crippen LogP) is 6.21. The molecule has 3 rings (SSSR count). The van der Waals surface area contributed by atoms with Crippen LogP contribution in [0.2, 0.25) is 0 Å². The number of rotatable bonds is 42. The van der Waals surface area contributed by atoms with Gasteiger partial charge >= 0.3 is 5.97 Å². The zero-order chi connectivity index (χ0) is 51.0. The molecule has 0 saturated carbocycles. The smallest absolute Gasteiger partial charge is 0.308 e. The van der Waals surface area contributed by atoms with Crippen molar-refractivity contribution in [2.24, 2.45) is 15.7 Å². The van der Waals surface area contributed by atoms with Crippen LogP contribution in [-0.4, -0.2) is 186 Å². The van der Waals surface area contributed by atoms with Gasteiger partial charge in [0, 0.05) is 50.3 Å². The van der Waals surface area contributed by atoms with Crippen molar-refractivity contribution in [3.8, 4) is 6.07 Å². The largest absolute Gasteiger partial charge is 0.460 e. The summed E-state index contributed by atoms with van der Waals surface area (Å²) in [5.74, 6) is 0.934. The Morgan fingerprint density at radius 3 is 1.76 bits per heavy atom. The quantitative estimate of drug-likeness (QED) is 0.0326. The van der Waals surface area contributed by atoms with E-state index in [0.29, 0.717) is 188 Å². The van der Waals surface area contributed by atoms with E-state index in [4.69, 9.17) is 62.8 Å². The van der Waals surface area contributed by atoms with Crippen molar-refractivity contribution in [2.75, 3.05) is 157 Å². The van der Waals surface area contributed by atoms with Gasteiger partial charge in [0.05, 0.1) is 154 Å². The number of ether oxygens (including phenoxy) is 11. The van der Waals surface area contributed by atoms with Crippen LogP contribution >= 0.6 is 11.3 Å². The fourth-order valence-corrected chi connectivity index (χ4v) is 7.29. The van der Waals surface area contributed by atoms with E-state index >= 15 is 0 Å². The number of hydrogen-bond acceptors (Lipinski definition) is 18. The van der Waals surface area contributed by atoms with Gasteiger partial charge < -0.3 is 68.1 Å². The Hall–Kier alpha value is -4.37. The number of nitrogens with two attached hydrogens (primary N) is 1. The summed E-state index contributed by atoms with van der Waals surface area (Å²) in [4.78, 5) is 37.4. The Labute approximate surface area is 425 Å². The van der Waals surface area contributed by atoms with Gasteiger partial charge in [0.2, 0.25) is 5.91 Å². The SMILES string of the molecule is CCCN(CCCN=C(CCCOCCOCCOCCOCCOCCOCCOCCOCCOCCOCCC(=O)OC(C)(C)C)Nc1cccc(C#N)c1)C(=O)C1=Cc2sccc2N=C(N)C1. The van der Waals surface area contributed by atoms with Crippen LogP contribution in [0.4, 0.5) is 11.4 Å². The number of nitrogens with zero attached hydrogens (tertiary/aromatic N) is 4. The Morgan fingerprint density at radius 2 is 1.25 bits per heavy atom. The first-order chi connectivity index (χ1) is 34.6. The minimum Gasteiger partial charge on any atom is -0.460 e. The maximum atomic E-state index is 13.6. The van der Waals surface area contributed by atoms with Gasteiger partial charge in [-0.2, -0.15) is 5.26 Å². The van der Waals surface area contributed by atoms with Gasteiger partial charge in [0.15, 0.2) is 0 Å². The maximum absolute atomic E-state index is 13.6. The maximum Gasteiger partial charge on any atom is 0.308 e. The summed E-state index contributed by atoms with van der Waals surface area (Å²) in [5.41, 5.74) is 8.49. The van der Waals surface area contributed by atoms with E-state index < -0.39 is 5.60 Å². The Kier molecular flexibility index (Phi) is 33.6. The highest BCUT2D eigenvalue weighted by Crippen LogP contribution is 2.31. The summed E-state index contributed by atoms with van der Waals surface area (Å²) in [7, 11) is 0. The van der Waals surface area contributed by atoms with Crippen LogP contribution in [0, 0.1) is 11.3 Å². The number of thiophene rings is 1. The highest BCUT2D eigenvalue weighted by molar-refractivity contribution is 7.11. The number of hydrogen-bond donors (Lipinski definition) is 2. The first-order valence-corrected chi connectivity index (χ1v) is 25.7. The average molecular weight is 1020 g/mol. The lowest BCUT2D eigenvalue weighted by Crippen LogP contribution is -2.35. The molecule has 20 heteroatoms. The number of aliphatic imine (C=N–C) groups is 2. The number of amidine groups is 2. The topological polar surface area (TPSA) is 225 Å². The Bertz CT molecular complexity index is 1880. The molecule has 71 heavy (non-hydrogen) atoms. The minimum atomic E-state index is -0.486. The fourth-order valence-electron chi connectivity index (χ4n) is 6.50. The number of fused-ring (bicyclic) bond motifs is 1. The highest BCUT2D eigenvalue weighted by atomic mass is 32.1. The van der Waals surface area contributed by atoms with Crippen LogP contribution < -0.4 is 11.1 Å². The van der Waals surface area contributed by atoms with Crippen LogP contribution in [0.15, 0.2) is 51.3 Å². The second-order valence-corrected chi connectivity index (χ2v) is 17.9. The molecule has 19 nitrogen and oxygen atoms in total. The first kappa shape index (κ1) is 60.9. The molecule has 0 unspecified atom stereocenters. The molecule has 0 spiro atoms. The first-order valence-electron chi connectivity index (χ1n) is 24.8. The summed E-state index contributed by atoms with van der Waals surface area (Å²) in [5, 5.41) is 14.7. The number of carbonyl (C=O) groups excluding carboxylic acids is 2. The second-order valence-electron chi connectivity index (χ2n) is 17.0. The normalized spacial score (nSPS) is 12.7. The molecule has 0 radical (unpaired) electrons. The molecule has 1 aliphatic heterocycles. The Morgan fingerprint density at radius 1 is 0.732 bits per heavy atom. The van der Waals surface area contributed by atoms with E-state index in [0.717, 1.165) is 34.9 Å². The lowest BCUT2D eigenvalue weighted by atomic mass is 10.1. The fraction of sp³-hybridized carbons (Fsp3) is 0.667. The van der Waals surface area contributed by atoms with E-state index in [9.17, 15) is 14.9 Å². The zero-order valence-electron chi connectivity index (χ0n) is 42.6. The number of nitrogens with one attached hydrogen (secondary N) is 1. The molecule has 0 bridgehead atoms. The van der Waals surface area contributed by atoms with Crippen molar-refractivity contribution < 1.29 is 61.7 Å². The molecule has 2 heterocycles. The number of benzene rings is 1. The van der Waals surface area contributed by atoms with Crippen LogP contribution in [0.3, 0.4) is 0 Å². The number of amides is 1. The van der Waals surface area contributed by atoms with Crippen molar-refractivity contribution in [1.82, 2.24) is 4.90 Å². The summed E-state index contributed by atoms with van der Waals surface area (Å²) in [6.45, 7) is 18.4. The summed E-state index contributed by atoms with van der Waals surface area (Å²) < 4.78 is 60.7. The summed E-state index contributed by atoms with van der Waals surface area (Å²) in [6, 6.07) is 11.4. The number of esters is 1. The molecule has 1 aromatic carbocycles. The van der Waals surface area contributed by atoms with E-state index in [1.807, 2.05) is 55.3 Å². The molecule has 0 saturated heterocycles. The Balaban J connectivity index is 1.11. The molecule has 0 fully saturated rings. The number of carbonyl (C=O) groups is 2. The second kappa shape index (κ2) is 39.2. The summed E-state index contributed by atoms with van der Waals surface area (Å²) in [6.07, 6.45) is 5.37. The van der Waals surface area contributed by atoms with E-state index in [2.05, 4.69) is 23.3 Å². The lowest BCUT2D eigenvalue weighted by Gasteiger charge is -2.23. The number of anilines is 1. The minimum absolute atomic E-state index is 0.0214. The van der Waals surface area contributed by atoms with Gasteiger partial charge in [-0.1, -0.05) is 13.0 Å². The van der Waals surface area contributed by atoms with Gasteiger partial charge in [0.25, 0.3) is 0 Å². The summed E-state index contributed by atoms with van der Waals surface area (Å²) >= 11 is 1.55. The highest BCUT2D eigenvalue weighted by Gasteiger charge is 2.22. The molecule has 0 aliphatic carbocycles. The molecule has 1 amide bonds.